The highest BCUT2D eigenvalue weighted by atomic mass is 16.5. The van der Waals surface area contributed by atoms with Crippen molar-refractivity contribution in [1.29, 1.82) is 0 Å². The van der Waals surface area contributed by atoms with Gasteiger partial charge in [0.15, 0.2) is 11.5 Å². The summed E-state index contributed by atoms with van der Waals surface area (Å²) in [6, 6.07) is 4.81. The standard InChI is InChI=1S/C18H25N3O5/c1-12(9-17(22)19-11-14-5-4-8-26-14)20-21-18(23)13-6-7-15(24-2)16(10-13)25-3/h6-7,10,14H,4-5,8-9,11H2,1-3H3,(H,19,22)(H,21,23)/b20-12-/t14-/m1/s1. The number of amides is 2. The van der Waals surface area contributed by atoms with Crippen LogP contribution in [0.3, 0.4) is 0 Å². The van der Waals surface area contributed by atoms with Crippen molar-refractivity contribution >= 4 is 17.5 Å². The van der Waals surface area contributed by atoms with Crippen molar-refractivity contribution in [2.45, 2.75) is 32.3 Å². The van der Waals surface area contributed by atoms with Gasteiger partial charge in [0.2, 0.25) is 5.91 Å². The smallest absolute Gasteiger partial charge is 0.271 e. The van der Waals surface area contributed by atoms with Gasteiger partial charge < -0.3 is 19.5 Å². The van der Waals surface area contributed by atoms with Gasteiger partial charge in [-0.05, 0) is 38.0 Å². The van der Waals surface area contributed by atoms with Gasteiger partial charge in [-0.2, -0.15) is 5.10 Å². The van der Waals surface area contributed by atoms with Gasteiger partial charge in [0.05, 0.1) is 26.7 Å². The van der Waals surface area contributed by atoms with Crippen molar-refractivity contribution < 1.29 is 23.8 Å². The highest BCUT2D eigenvalue weighted by molar-refractivity contribution is 6.01. The van der Waals surface area contributed by atoms with Gasteiger partial charge in [-0.1, -0.05) is 0 Å². The van der Waals surface area contributed by atoms with E-state index in [1.54, 1.807) is 25.1 Å². The molecule has 1 atom stereocenters. The lowest BCUT2D eigenvalue weighted by Gasteiger charge is -2.11. The van der Waals surface area contributed by atoms with E-state index in [-0.39, 0.29) is 18.4 Å². The molecule has 1 aliphatic rings. The largest absolute Gasteiger partial charge is 0.493 e. The summed E-state index contributed by atoms with van der Waals surface area (Å²) in [6.07, 6.45) is 2.21. The summed E-state index contributed by atoms with van der Waals surface area (Å²) in [5, 5.41) is 6.79. The van der Waals surface area contributed by atoms with Gasteiger partial charge in [-0.3, -0.25) is 9.59 Å². The summed E-state index contributed by atoms with van der Waals surface area (Å²) in [5.74, 6) is 0.438. The van der Waals surface area contributed by atoms with Crippen molar-refractivity contribution in [2.24, 2.45) is 5.10 Å². The normalized spacial score (nSPS) is 16.9. The molecule has 2 amide bonds. The fourth-order valence-electron chi connectivity index (χ4n) is 2.56. The van der Waals surface area contributed by atoms with Crippen LogP contribution >= 0.6 is 0 Å². The van der Waals surface area contributed by atoms with Gasteiger partial charge in [0, 0.05) is 24.4 Å². The van der Waals surface area contributed by atoms with Crippen LogP contribution in [0.5, 0.6) is 11.5 Å². The van der Waals surface area contributed by atoms with Crippen molar-refractivity contribution in [2.75, 3.05) is 27.4 Å². The number of hydrogen-bond donors (Lipinski definition) is 2. The Labute approximate surface area is 152 Å². The first-order valence-electron chi connectivity index (χ1n) is 8.47. The number of carbonyl (C=O) groups is 2. The van der Waals surface area contributed by atoms with Crippen LogP contribution in [0.25, 0.3) is 0 Å². The molecule has 0 aromatic heterocycles. The molecule has 1 aromatic rings. The molecule has 0 saturated carbocycles. The topological polar surface area (TPSA) is 98.2 Å². The maximum atomic E-state index is 12.2. The average molecular weight is 363 g/mol. The number of methoxy groups -OCH3 is 2. The first-order chi connectivity index (χ1) is 12.5. The van der Waals surface area contributed by atoms with E-state index in [0.29, 0.717) is 29.3 Å². The predicted octanol–water partition coefficient (Wildman–Crippen LogP) is 1.49. The molecule has 8 nitrogen and oxygen atoms in total. The molecule has 1 aliphatic heterocycles. The molecule has 1 fully saturated rings. The predicted molar refractivity (Wildman–Crippen MR) is 96.7 cm³/mol. The minimum absolute atomic E-state index is 0.0981. The van der Waals surface area contributed by atoms with E-state index in [4.69, 9.17) is 14.2 Å². The molecule has 0 unspecified atom stereocenters. The number of carbonyl (C=O) groups excluding carboxylic acids is 2. The molecular weight excluding hydrogens is 338 g/mol. The molecule has 8 heteroatoms. The molecule has 26 heavy (non-hydrogen) atoms. The van der Waals surface area contributed by atoms with E-state index in [1.165, 1.54) is 14.2 Å². The summed E-state index contributed by atoms with van der Waals surface area (Å²) >= 11 is 0. The Morgan fingerprint density at radius 1 is 1.27 bits per heavy atom. The Morgan fingerprint density at radius 2 is 2.04 bits per heavy atom. The molecule has 142 valence electrons. The number of benzene rings is 1. The third kappa shape index (κ3) is 5.73. The lowest BCUT2D eigenvalue weighted by molar-refractivity contribution is -0.120. The Kier molecular flexibility index (Phi) is 7.40. The number of hydrogen-bond acceptors (Lipinski definition) is 6. The highest BCUT2D eigenvalue weighted by Crippen LogP contribution is 2.27. The number of rotatable bonds is 8. The minimum atomic E-state index is -0.398. The van der Waals surface area contributed by atoms with Gasteiger partial charge in [0.1, 0.15) is 0 Å². The lowest BCUT2D eigenvalue weighted by atomic mass is 10.2. The third-order valence-electron chi connectivity index (χ3n) is 3.96. The van der Waals surface area contributed by atoms with Crippen LogP contribution in [0.2, 0.25) is 0 Å². The SMILES string of the molecule is COc1ccc(C(=O)N/N=C(/C)CC(=O)NC[C@H]2CCCO2)cc1OC. The van der Waals surface area contributed by atoms with Crippen molar-refractivity contribution in [3.63, 3.8) is 0 Å². The fraction of sp³-hybridized carbons (Fsp3) is 0.500. The van der Waals surface area contributed by atoms with E-state index in [0.717, 1.165) is 19.4 Å². The quantitative estimate of drug-likeness (QED) is 0.539. The molecule has 1 saturated heterocycles. The van der Waals surface area contributed by atoms with Crippen molar-refractivity contribution in [3.05, 3.63) is 23.8 Å². The third-order valence-corrected chi connectivity index (χ3v) is 3.96. The minimum Gasteiger partial charge on any atom is -0.493 e. The molecule has 1 heterocycles. The zero-order valence-electron chi connectivity index (χ0n) is 15.3. The van der Waals surface area contributed by atoms with Gasteiger partial charge in [-0.25, -0.2) is 5.43 Å². The number of ether oxygens (including phenoxy) is 3. The summed E-state index contributed by atoms with van der Waals surface area (Å²) < 4.78 is 15.8. The monoisotopic (exact) mass is 363 g/mol. The number of nitrogens with one attached hydrogen (secondary N) is 2. The van der Waals surface area contributed by atoms with E-state index in [2.05, 4.69) is 15.8 Å². The van der Waals surface area contributed by atoms with E-state index < -0.39 is 5.91 Å². The summed E-state index contributed by atoms with van der Waals surface area (Å²) in [6.45, 7) is 2.94. The second-order valence-corrected chi connectivity index (χ2v) is 5.97. The summed E-state index contributed by atoms with van der Waals surface area (Å²) in [5.41, 5.74) is 3.32. The second-order valence-electron chi connectivity index (χ2n) is 5.97. The maximum Gasteiger partial charge on any atom is 0.271 e. The fourth-order valence-corrected chi connectivity index (χ4v) is 2.56. The van der Waals surface area contributed by atoms with Crippen LogP contribution in [0, 0.1) is 0 Å². The summed E-state index contributed by atoms with van der Waals surface area (Å²) in [4.78, 5) is 24.1. The molecular formula is C18H25N3O5. The lowest BCUT2D eigenvalue weighted by Crippen LogP contribution is -2.33. The molecule has 2 rings (SSSR count). The van der Waals surface area contributed by atoms with Crippen molar-refractivity contribution in [1.82, 2.24) is 10.7 Å². The average Bonchev–Trinajstić information content (AvgIpc) is 3.17. The molecule has 0 bridgehead atoms. The van der Waals surface area contributed by atoms with E-state index in [1.807, 2.05) is 0 Å². The van der Waals surface area contributed by atoms with Gasteiger partial charge in [-0.15, -0.1) is 0 Å². The molecule has 2 N–H and O–H groups in total. The van der Waals surface area contributed by atoms with Crippen LogP contribution in [0.4, 0.5) is 0 Å². The Bertz CT molecular complexity index is 669. The summed E-state index contributed by atoms with van der Waals surface area (Å²) in [7, 11) is 3.02. The zero-order chi connectivity index (χ0) is 18.9. The highest BCUT2D eigenvalue weighted by Gasteiger charge is 2.16. The van der Waals surface area contributed by atoms with Crippen molar-refractivity contribution in [3.8, 4) is 11.5 Å². The molecule has 1 aromatic carbocycles. The number of nitrogens with zero attached hydrogens (tertiary/aromatic N) is 1. The Morgan fingerprint density at radius 3 is 2.69 bits per heavy atom. The van der Waals surface area contributed by atoms with Crippen LogP contribution in [-0.4, -0.2) is 51.0 Å². The van der Waals surface area contributed by atoms with Crippen LogP contribution < -0.4 is 20.2 Å². The van der Waals surface area contributed by atoms with Crippen LogP contribution in [-0.2, 0) is 9.53 Å². The number of hydrazone groups is 1. The van der Waals surface area contributed by atoms with E-state index >= 15 is 0 Å². The van der Waals surface area contributed by atoms with Crippen LogP contribution in [0.15, 0.2) is 23.3 Å². The van der Waals surface area contributed by atoms with Gasteiger partial charge in [0.25, 0.3) is 5.91 Å². The van der Waals surface area contributed by atoms with E-state index in [9.17, 15) is 9.59 Å². The van der Waals surface area contributed by atoms with Gasteiger partial charge >= 0.3 is 0 Å². The second kappa shape index (κ2) is 9.76. The maximum absolute atomic E-state index is 12.2. The molecule has 0 radical (unpaired) electrons. The molecule has 0 aliphatic carbocycles. The Balaban J connectivity index is 1.83. The first kappa shape index (κ1) is 19.7. The van der Waals surface area contributed by atoms with Crippen LogP contribution in [0.1, 0.15) is 36.5 Å². The molecule has 0 spiro atoms. The zero-order valence-corrected chi connectivity index (χ0v) is 15.3. The first-order valence-corrected chi connectivity index (χ1v) is 8.47. The Hall–Kier alpha value is -2.61.